The maximum absolute atomic E-state index is 11.8. The van der Waals surface area contributed by atoms with Crippen LogP contribution in [-0.2, 0) is 4.74 Å². The smallest absolute Gasteiger partial charge is 0.407 e. The first-order chi connectivity index (χ1) is 12.1. The number of carboxylic acid groups (broad SMARTS) is 1. The molecule has 26 heavy (non-hydrogen) atoms. The first-order valence-electron chi connectivity index (χ1n) is 8.82. The van der Waals surface area contributed by atoms with Crippen molar-refractivity contribution in [1.29, 1.82) is 0 Å². The van der Waals surface area contributed by atoms with E-state index < -0.39 is 11.6 Å². The molecule has 0 spiro atoms. The van der Waals surface area contributed by atoms with Gasteiger partial charge in [0.05, 0.1) is 5.56 Å². The van der Waals surface area contributed by atoms with Gasteiger partial charge in [0.1, 0.15) is 18.0 Å². The molecule has 1 unspecified atom stereocenters. The Hall–Kier alpha value is -2.28. The van der Waals surface area contributed by atoms with E-state index in [1.54, 1.807) is 18.2 Å². The van der Waals surface area contributed by atoms with Gasteiger partial charge in [0.2, 0.25) is 0 Å². The molecule has 1 aliphatic rings. The fraction of sp³-hybridized carbons (Fsp3) is 0.579. The van der Waals surface area contributed by atoms with Crippen LogP contribution in [0.25, 0.3) is 0 Å². The topological polar surface area (TPSA) is 88.1 Å². The number of alkyl carbamates (subject to hydrolysis) is 1. The molecule has 1 fully saturated rings. The number of carbonyl (C=O) groups is 2. The van der Waals surface area contributed by atoms with Crippen LogP contribution in [0.15, 0.2) is 18.2 Å². The molecule has 2 N–H and O–H groups in total. The molecule has 1 amide bonds. The second-order valence-corrected chi connectivity index (χ2v) is 7.57. The van der Waals surface area contributed by atoms with Crippen molar-refractivity contribution in [3.8, 4) is 5.75 Å². The van der Waals surface area contributed by atoms with Gasteiger partial charge in [-0.3, -0.25) is 4.90 Å². The van der Waals surface area contributed by atoms with Crippen molar-refractivity contribution in [3.63, 3.8) is 0 Å². The van der Waals surface area contributed by atoms with Crippen LogP contribution in [-0.4, -0.2) is 60.0 Å². The maximum atomic E-state index is 11.8. The number of aryl methyl sites for hydroxylation is 1. The molecule has 1 atom stereocenters. The molecule has 0 radical (unpaired) electrons. The number of carbonyl (C=O) groups excluding carboxylic acids is 1. The van der Waals surface area contributed by atoms with Crippen molar-refractivity contribution < 1.29 is 24.2 Å². The zero-order valence-electron chi connectivity index (χ0n) is 15.9. The largest absolute Gasteiger partial charge is 0.492 e. The van der Waals surface area contributed by atoms with Crippen LogP contribution >= 0.6 is 0 Å². The highest BCUT2D eigenvalue weighted by Crippen LogP contribution is 2.19. The molecule has 7 nitrogen and oxygen atoms in total. The molecule has 1 aromatic carbocycles. The van der Waals surface area contributed by atoms with Gasteiger partial charge in [0.15, 0.2) is 0 Å². The summed E-state index contributed by atoms with van der Waals surface area (Å²) in [6.45, 7) is 10.3. The Kier molecular flexibility index (Phi) is 6.47. The third kappa shape index (κ3) is 6.22. The van der Waals surface area contributed by atoms with E-state index in [-0.39, 0.29) is 17.7 Å². The third-order valence-electron chi connectivity index (χ3n) is 4.08. The van der Waals surface area contributed by atoms with Gasteiger partial charge in [-0.2, -0.15) is 0 Å². The molecule has 0 aromatic heterocycles. The van der Waals surface area contributed by atoms with E-state index in [4.69, 9.17) is 14.6 Å². The zero-order valence-corrected chi connectivity index (χ0v) is 15.9. The number of hydrogen-bond donors (Lipinski definition) is 2. The quantitative estimate of drug-likeness (QED) is 0.807. The van der Waals surface area contributed by atoms with Gasteiger partial charge in [-0.05, 0) is 57.9 Å². The highest BCUT2D eigenvalue weighted by Gasteiger charge is 2.25. The van der Waals surface area contributed by atoms with E-state index in [9.17, 15) is 9.59 Å². The fourth-order valence-corrected chi connectivity index (χ4v) is 2.86. The van der Waals surface area contributed by atoms with Crippen molar-refractivity contribution in [3.05, 3.63) is 29.3 Å². The second kappa shape index (κ2) is 8.40. The molecule has 1 heterocycles. The summed E-state index contributed by atoms with van der Waals surface area (Å²) in [6.07, 6.45) is 0.501. The normalized spacial score (nSPS) is 17.8. The van der Waals surface area contributed by atoms with Crippen LogP contribution in [0, 0.1) is 6.92 Å². The molecule has 1 aliphatic heterocycles. The van der Waals surface area contributed by atoms with E-state index in [1.807, 2.05) is 27.7 Å². The number of likely N-dealkylation sites (tertiary alicyclic amines) is 1. The highest BCUT2D eigenvalue weighted by molar-refractivity contribution is 5.88. The average molecular weight is 364 g/mol. The number of ether oxygens (including phenoxy) is 2. The van der Waals surface area contributed by atoms with E-state index in [2.05, 4.69) is 10.2 Å². The lowest BCUT2D eigenvalue weighted by atomic mass is 10.1. The molecule has 0 aliphatic carbocycles. The Bertz CT molecular complexity index is 654. The van der Waals surface area contributed by atoms with Gasteiger partial charge in [0, 0.05) is 25.7 Å². The second-order valence-electron chi connectivity index (χ2n) is 7.57. The van der Waals surface area contributed by atoms with Crippen molar-refractivity contribution in [2.75, 3.05) is 26.2 Å². The molecule has 7 heteroatoms. The van der Waals surface area contributed by atoms with E-state index in [0.29, 0.717) is 12.4 Å². The van der Waals surface area contributed by atoms with Crippen LogP contribution in [0.1, 0.15) is 43.1 Å². The molecular formula is C19H28N2O5. The molecule has 0 saturated carbocycles. The number of nitrogens with one attached hydrogen (secondary N) is 1. The summed E-state index contributed by atoms with van der Waals surface area (Å²) in [5, 5.41) is 11.9. The summed E-state index contributed by atoms with van der Waals surface area (Å²) in [4.78, 5) is 25.0. The van der Waals surface area contributed by atoms with Crippen LogP contribution in [0.5, 0.6) is 5.75 Å². The van der Waals surface area contributed by atoms with Gasteiger partial charge in [-0.25, -0.2) is 9.59 Å². The third-order valence-corrected chi connectivity index (χ3v) is 4.08. The van der Waals surface area contributed by atoms with E-state index >= 15 is 0 Å². The minimum Gasteiger partial charge on any atom is -0.492 e. The number of nitrogens with zero attached hydrogens (tertiary/aromatic N) is 1. The van der Waals surface area contributed by atoms with Gasteiger partial charge < -0.3 is 19.9 Å². The van der Waals surface area contributed by atoms with Gasteiger partial charge in [-0.1, -0.05) is 0 Å². The SMILES string of the molecule is Cc1cc(C(=O)O)ccc1OCCN1CCC(NC(=O)OC(C)(C)C)C1. The molecule has 0 bridgehead atoms. The summed E-state index contributed by atoms with van der Waals surface area (Å²) < 4.78 is 11.0. The van der Waals surface area contributed by atoms with Crippen LogP contribution in [0.3, 0.4) is 0 Å². The lowest BCUT2D eigenvalue weighted by Crippen LogP contribution is -2.40. The number of rotatable bonds is 6. The van der Waals surface area contributed by atoms with Crippen molar-refractivity contribution in [1.82, 2.24) is 10.2 Å². The molecule has 1 saturated heterocycles. The van der Waals surface area contributed by atoms with Crippen LogP contribution < -0.4 is 10.1 Å². The lowest BCUT2D eigenvalue weighted by Gasteiger charge is -2.22. The van der Waals surface area contributed by atoms with E-state index in [1.165, 1.54) is 0 Å². The van der Waals surface area contributed by atoms with E-state index in [0.717, 1.165) is 31.6 Å². The number of amides is 1. The van der Waals surface area contributed by atoms with Gasteiger partial charge in [-0.15, -0.1) is 0 Å². The fourth-order valence-electron chi connectivity index (χ4n) is 2.86. The predicted octanol–water partition coefficient (Wildman–Crippen LogP) is 2.67. The van der Waals surface area contributed by atoms with Crippen LogP contribution in [0.2, 0.25) is 0 Å². The minimum atomic E-state index is -0.944. The number of benzene rings is 1. The van der Waals surface area contributed by atoms with Crippen molar-refractivity contribution in [2.45, 2.75) is 45.8 Å². The van der Waals surface area contributed by atoms with Crippen LogP contribution in [0.4, 0.5) is 4.79 Å². The summed E-state index contributed by atoms with van der Waals surface area (Å²) in [5.41, 5.74) is 0.561. The number of aromatic carboxylic acids is 1. The molecule has 1 aromatic rings. The van der Waals surface area contributed by atoms with Crippen molar-refractivity contribution >= 4 is 12.1 Å². The Morgan fingerprint density at radius 1 is 1.35 bits per heavy atom. The predicted molar refractivity (Wildman–Crippen MR) is 97.8 cm³/mol. The van der Waals surface area contributed by atoms with Crippen molar-refractivity contribution in [2.24, 2.45) is 0 Å². The first kappa shape index (κ1) is 20.0. The summed E-state index contributed by atoms with van der Waals surface area (Å²) in [5.74, 6) is -0.252. The maximum Gasteiger partial charge on any atom is 0.407 e. The number of carboxylic acids is 1. The molecule has 144 valence electrons. The minimum absolute atomic E-state index is 0.0847. The Morgan fingerprint density at radius 2 is 2.08 bits per heavy atom. The monoisotopic (exact) mass is 364 g/mol. The first-order valence-corrected chi connectivity index (χ1v) is 8.82. The molecule has 2 rings (SSSR count). The summed E-state index contributed by atoms with van der Waals surface area (Å²) >= 11 is 0. The average Bonchev–Trinajstić information content (AvgIpc) is 2.94. The standard InChI is InChI=1S/C19H28N2O5/c1-13-11-14(17(22)23)5-6-16(13)25-10-9-21-8-7-15(12-21)20-18(24)26-19(2,3)4/h5-6,11,15H,7-10,12H2,1-4H3,(H,20,24)(H,22,23). The Labute approximate surface area is 154 Å². The van der Waals surface area contributed by atoms with Gasteiger partial charge in [0.25, 0.3) is 0 Å². The lowest BCUT2D eigenvalue weighted by molar-refractivity contribution is 0.0505. The zero-order chi connectivity index (χ0) is 19.3. The molecular weight excluding hydrogens is 336 g/mol. The Morgan fingerprint density at radius 3 is 2.69 bits per heavy atom. The highest BCUT2D eigenvalue weighted by atomic mass is 16.6. The Balaban J connectivity index is 1.73. The summed E-state index contributed by atoms with van der Waals surface area (Å²) in [7, 11) is 0. The number of hydrogen-bond acceptors (Lipinski definition) is 5. The van der Waals surface area contributed by atoms with Gasteiger partial charge >= 0.3 is 12.1 Å². The summed E-state index contributed by atoms with van der Waals surface area (Å²) in [6, 6.07) is 4.92.